The first-order chi connectivity index (χ1) is 11.5. The van der Waals surface area contributed by atoms with Gasteiger partial charge < -0.3 is 10.1 Å². The first-order valence-corrected chi connectivity index (χ1v) is 7.78. The molecule has 0 radical (unpaired) electrons. The molecule has 0 aliphatic carbocycles. The number of benzene rings is 2. The minimum atomic E-state index is -0.734. The van der Waals surface area contributed by atoms with Gasteiger partial charge in [-0.05, 0) is 48.7 Å². The molecule has 0 bridgehead atoms. The van der Waals surface area contributed by atoms with E-state index >= 15 is 0 Å². The smallest absolute Gasteiger partial charge is 0.338 e. The number of hydrogen-bond acceptors (Lipinski definition) is 3. The van der Waals surface area contributed by atoms with Gasteiger partial charge in [0.1, 0.15) is 5.82 Å². The average Bonchev–Trinajstić information content (AvgIpc) is 2.57. The summed E-state index contributed by atoms with van der Waals surface area (Å²) >= 11 is 5.79. The third-order valence-electron chi connectivity index (χ3n) is 3.39. The summed E-state index contributed by atoms with van der Waals surface area (Å²) in [6, 6.07) is 11.3. The average molecular weight is 350 g/mol. The zero-order chi connectivity index (χ0) is 17.5. The fraction of sp³-hybridized carbons (Fsp3) is 0.222. The Morgan fingerprint density at radius 2 is 1.88 bits per heavy atom. The molecule has 24 heavy (non-hydrogen) atoms. The maximum absolute atomic E-state index is 13.4. The lowest BCUT2D eigenvalue weighted by Crippen LogP contribution is -2.30. The molecule has 0 saturated carbocycles. The van der Waals surface area contributed by atoms with Crippen molar-refractivity contribution in [2.24, 2.45) is 0 Å². The molecule has 6 heteroatoms. The fourth-order valence-electron chi connectivity index (χ4n) is 1.98. The molecule has 1 N–H and O–H groups in total. The summed E-state index contributed by atoms with van der Waals surface area (Å²) in [4.78, 5) is 23.4. The van der Waals surface area contributed by atoms with Gasteiger partial charge in [0.15, 0.2) is 6.61 Å². The highest BCUT2D eigenvalue weighted by Crippen LogP contribution is 2.11. The van der Waals surface area contributed by atoms with Crippen molar-refractivity contribution >= 4 is 23.5 Å². The number of carbonyl (C=O) groups excluding carboxylic acids is 2. The molecule has 0 aromatic heterocycles. The highest BCUT2D eigenvalue weighted by Gasteiger charge is 2.11. The van der Waals surface area contributed by atoms with E-state index in [4.69, 9.17) is 16.3 Å². The van der Waals surface area contributed by atoms with Gasteiger partial charge >= 0.3 is 5.97 Å². The zero-order valence-electron chi connectivity index (χ0n) is 13.1. The van der Waals surface area contributed by atoms with E-state index < -0.39 is 24.3 Å². The summed E-state index contributed by atoms with van der Waals surface area (Å²) in [7, 11) is 0. The summed E-state index contributed by atoms with van der Waals surface area (Å²) < 4.78 is 18.3. The Labute approximate surface area is 144 Å². The van der Waals surface area contributed by atoms with Gasteiger partial charge in [-0.15, -0.1) is 0 Å². The predicted octanol–water partition coefficient (Wildman–Crippen LogP) is 3.30. The molecule has 2 aromatic rings. The molecule has 0 spiro atoms. The molecule has 2 aromatic carbocycles. The van der Waals surface area contributed by atoms with Gasteiger partial charge in [0.2, 0.25) is 0 Å². The Balaban J connectivity index is 1.73. The van der Waals surface area contributed by atoms with Crippen LogP contribution < -0.4 is 5.32 Å². The molecule has 0 atom stereocenters. The lowest BCUT2D eigenvalue weighted by molar-refractivity contribution is -0.124. The van der Waals surface area contributed by atoms with Crippen LogP contribution in [0.4, 0.5) is 4.39 Å². The normalized spacial score (nSPS) is 10.3. The summed E-state index contributed by atoms with van der Waals surface area (Å²) in [6.45, 7) is 1.60. The van der Waals surface area contributed by atoms with Crippen LogP contribution in [0.5, 0.6) is 0 Å². The van der Waals surface area contributed by atoms with Crippen molar-refractivity contribution in [2.75, 3.05) is 13.2 Å². The topological polar surface area (TPSA) is 55.4 Å². The van der Waals surface area contributed by atoms with Gasteiger partial charge in [-0.3, -0.25) is 4.79 Å². The number of rotatable bonds is 6. The van der Waals surface area contributed by atoms with E-state index in [2.05, 4.69) is 5.32 Å². The van der Waals surface area contributed by atoms with E-state index in [9.17, 15) is 14.0 Å². The molecular weight excluding hydrogens is 333 g/mol. The molecule has 0 saturated heterocycles. The quantitative estimate of drug-likeness (QED) is 0.814. The van der Waals surface area contributed by atoms with E-state index in [0.717, 1.165) is 11.6 Å². The first kappa shape index (κ1) is 17.9. The molecule has 1 amide bonds. The van der Waals surface area contributed by atoms with Crippen LogP contribution in [0.2, 0.25) is 5.02 Å². The number of nitrogens with one attached hydrogen (secondary N) is 1. The third-order valence-corrected chi connectivity index (χ3v) is 3.64. The number of aryl methyl sites for hydroxylation is 1. The first-order valence-electron chi connectivity index (χ1n) is 7.40. The number of hydrogen-bond donors (Lipinski definition) is 1. The van der Waals surface area contributed by atoms with Crippen molar-refractivity contribution in [1.82, 2.24) is 5.32 Å². The molecule has 4 nitrogen and oxygen atoms in total. The Kier molecular flexibility index (Phi) is 6.32. The van der Waals surface area contributed by atoms with Crippen molar-refractivity contribution < 1.29 is 18.7 Å². The van der Waals surface area contributed by atoms with Crippen LogP contribution in [-0.4, -0.2) is 25.0 Å². The molecular formula is C18H17ClFNO3. The number of esters is 1. The number of carbonyl (C=O) groups is 2. The van der Waals surface area contributed by atoms with Gasteiger partial charge in [0.05, 0.1) is 5.56 Å². The molecule has 0 aliphatic heterocycles. The van der Waals surface area contributed by atoms with Gasteiger partial charge in [-0.25, -0.2) is 9.18 Å². The van der Waals surface area contributed by atoms with Gasteiger partial charge in [0, 0.05) is 11.6 Å². The summed E-state index contributed by atoms with van der Waals surface area (Å²) in [6.07, 6.45) is 0.639. The Morgan fingerprint density at radius 3 is 2.54 bits per heavy atom. The summed E-state index contributed by atoms with van der Waals surface area (Å²) in [5, 5.41) is 3.30. The van der Waals surface area contributed by atoms with Crippen LogP contribution in [0.15, 0.2) is 42.5 Å². The number of amides is 1. The number of halogens is 2. The minimum Gasteiger partial charge on any atom is -0.452 e. The van der Waals surface area contributed by atoms with E-state index in [1.54, 1.807) is 19.1 Å². The van der Waals surface area contributed by atoms with E-state index in [1.165, 1.54) is 12.1 Å². The Hall–Kier alpha value is -2.40. The fourth-order valence-corrected chi connectivity index (χ4v) is 2.11. The van der Waals surface area contributed by atoms with Gasteiger partial charge in [-0.1, -0.05) is 29.8 Å². The lowest BCUT2D eigenvalue weighted by atomic mass is 10.1. The van der Waals surface area contributed by atoms with Gasteiger partial charge in [0.25, 0.3) is 5.91 Å². The van der Waals surface area contributed by atoms with Crippen molar-refractivity contribution in [2.45, 2.75) is 13.3 Å². The summed E-state index contributed by atoms with van der Waals surface area (Å²) in [5.74, 6) is -1.64. The maximum atomic E-state index is 13.4. The standard InChI is InChI=1S/C18H17ClFNO3/c1-12-2-5-14(10-16(12)20)18(23)24-11-17(22)21-9-8-13-3-6-15(19)7-4-13/h2-7,10H,8-9,11H2,1H3,(H,21,22). The Morgan fingerprint density at radius 1 is 1.17 bits per heavy atom. The second-order valence-corrected chi connectivity index (χ2v) is 5.70. The second kappa shape index (κ2) is 8.45. The van der Waals surface area contributed by atoms with Crippen molar-refractivity contribution in [3.8, 4) is 0 Å². The highest BCUT2D eigenvalue weighted by molar-refractivity contribution is 6.30. The van der Waals surface area contributed by atoms with Crippen LogP contribution in [0.25, 0.3) is 0 Å². The van der Waals surface area contributed by atoms with Crippen LogP contribution in [0, 0.1) is 12.7 Å². The molecule has 2 rings (SSSR count). The largest absolute Gasteiger partial charge is 0.452 e. The van der Waals surface area contributed by atoms with Crippen molar-refractivity contribution in [3.05, 3.63) is 70.0 Å². The molecule has 0 fully saturated rings. The van der Waals surface area contributed by atoms with Crippen molar-refractivity contribution in [1.29, 1.82) is 0 Å². The summed E-state index contributed by atoms with van der Waals surface area (Å²) in [5.41, 5.74) is 1.55. The minimum absolute atomic E-state index is 0.0760. The van der Waals surface area contributed by atoms with Crippen LogP contribution in [-0.2, 0) is 16.0 Å². The number of ether oxygens (including phenoxy) is 1. The lowest BCUT2D eigenvalue weighted by Gasteiger charge is -2.07. The Bertz CT molecular complexity index is 732. The maximum Gasteiger partial charge on any atom is 0.338 e. The van der Waals surface area contributed by atoms with E-state index in [1.807, 2.05) is 12.1 Å². The molecule has 0 heterocycles. The van der Waals surface area contributed by atoms with Crippen LogP contribution in [0.1, 0.15) is 21.5 Å². The van der Waals surface area contributed by atoms with E-state index in [-0.39, 0.29) is 5.56 Å². The monoisotopic (exact) mass is 349 g/mol. The second-order valence-electron chi connectivity index (χ2n) is 5.27. The highest BCUT2D eigenvalue weighted by atomic mass is 35.5. The zero-order valence-corrected chi connectivity index (χ0v) is 13.9. The molecule has 0 unspecified atom stereocenters. The predicted molar refractivity (Wildman–Crippen MR) is 89.6 cm³/mol. The van der Waals surface area contributed by atoms with Crippen LogP contribution in [0.3, 0.4) is 0 Å². The molecule has 0 aliphatic rings. The van der Waals surface area contributed by atoms with E-state index in [0.29, 0.717) is 23.6 Å². The third kappa shape index (κ3) is 5.35. The van der Waals surface area contributed by atoms with Gasteiger partial charge in [-0.2, -0.15) is 0 Å². The SMILES string of the molecule is Cc1ccc(C(=O)OCC(=O)NCCc2ccc(Cl)cc2)cc1F. The molecule has 126 valence electrons. The van der Waals surface area contributed by atoms with Crippen LogP contribution >= 0.6 is 11.6 Å². The van der Waals surface area contributed by atoms with Crippen molar-refractivity contribution in [3.63, 3.8) is 0 Å².